The standard InChI is InChI=1S/C17H22N2OS/c1-17(20,13-21-2)12-19-16(14-6-4-3-5-7-14)15-8-10-18-11-9-15/h3-11,16,19-20H,12-13H2,1-2H3. The van der Waals surface area contributed by atoms with Gasteiger partial charge in [-0.1, -0.05) is 30.3 Å². The number of rotatable bonds is 7. The Hall–Kier alpha value is -1.36. The molecule has 2 unspecified atom stereocenters. The topological polar surface area (TPSA) is 45.1 Å². The van der Waals surface area contributed by atoms with Crippen molar-refractivity contribution in [3.63, 3.8) is 0 Å². The molecule has 112 valence electrons. The molecule has 0 amide bonds. The predicted octanol–water partition coefficient (Wildman–Crippen LogP) is 2.87. The molecule has 1 heterocycles. The molecule has 0 aliphatic heterocycles. The third-order valence-electron chi connectivity index (χ3n) is 3.31. The number of nitrogens with zero attached hydrogens (tertiary/aromatic N) is 1. The molecule has 0 saturated carbocycles. The highest BCUT2D eigenvalue weighted by Crippen LogP contribution is 2.22. The summed E-state index contributed by atoms with van der Waals surface area (Å²) in [6.07, 6.45) is 5.60. The first kappa shape index (κ1) is 16.0. The average Bonchev–Trinajstić information content (AvgIpc) is 2.49. The lowest BCUT2D eigenvalue weighted by molar-refractivity contribution is 0.0828. The Morgan fingerprint density at radius 3 is 2.38 bits per heavy atom. The van der Waals surface area contributed by atoms with Crippen molar-refractivity contribution in [3.8, 4) is 0 Å². The predicted molar refractivity (Wildman–Crippen MR) is 89.5 cm³/mol. The van der Waals surface area contributed by atoms with Crippen LogP contribution in [0.5, 0.6) is 0 Å². The zero-order valence-electron chi connectivity index (χ0n) is 12.5. The van der Waals surface area contributed by atoms with Gasteiger partial charge < -0.3 is 10.4 Å². The van der Waals surface area contributed by atoms with Crippen molar-refractivity contribution in [2.24, 2.45) is 0 Å². The van der Waals surface area contributed by atoms with Crippen LogP contribution in [0, 0.1) is 0 Å². The highest BCUT2D eigenvalue weighted by Gasteiger charge is 2.22. The summed E-state index contributed by atoms with van der Waals surface area (Å²) in [4.78, 5) is 4.08. The van der Waals surface area contributed by atoms with Crippen molar-refractivity contribution in [1.82, 2.24) is 10.3 Å². The second kappa shape index (κ2) is 7.59. The molecule has 2 N–H and O–H groups in total. The summed E-state index contributed by atoms with van der Waals surface area (Å²) in [5.74, 6) is 0.706. The molecular weight excluding hydrogens is 280 g/mol. The fourth-order valence-corrected chi connectivity index (χ4v) is 3.04. The second-order valence-corrected chi connectivity index (χ2v) is 6.30. The van der Waals surface area contributed by atoms with Crippen LogP contribution < -0.4 is 5.32 Å². The number of hydrogen-bond donors (Lipinski definition) is 2. The third kappa shape index (κ3) is 4.84. The summed E-state index contributed by atoms with van der Waals surface area (Å²) in [6, 6.07) is 14.3. The highest BCUT2D eigenvalue weighted by atomic mass is 32.2. The van der Waals surface area contributed by atoms with Gasteiger partial charge in [-0.05, 0) is 36.4 Å². The first-order chi connectivity index (χ1) is 10.1. The Balaban J connectivity index is 2.18. The van der Waals surface area contributed by atoms with Gasteiger partial charge in [0.1, 0.15) is 0 Å². The van der Waals surface area contributed by atoms with Gasteiger partial charge >= 0.3 is 0 Å². The smallest absolute Gasteiger partial charge is 0.0833 e. The number of thioether (sulfide) groups is 1. The van der Waals surface area contributed by atoms with E-state index >= 15 is 0 Å². The molecule has 0 bridgehead atoms. The van der Waals surface area contributed by atoms with Crippen LogP contribution in [0.3, 0.4) is 0 Å². The highest BCUT2D eigenvalue weighted by molar-refractivity contribution is 7.98. The third-order valence-corrected chi connectivity index (χ3v) is 4.23. The van der Waals surface area contributed by atoms with Crippen molar-refractivity contribution in [2.45, 2.75) is 18.6 Å². The Morgan fingerprint density at radius 1 is 1.14 bits per heavy atom. The van der Waals surface area contributed by atoms with Gasteiger partial charge in [-0.15, -0.1) is 0 Å². The van der Waals surface area contributed by atoms with E-state index in [1.165, 1.54) is 5.56 Å². The largest absolute Gasteiger partial charge is 0.388 e. The SMILES string of the molecule is CSCC(C)(O)CNC(c1ccccc1)c1ccncc1. The Labute approximate surface area is 130 Å². The van der Waals surface area contributed by atoms with E-state index in [4.69, 9.17) is 0 Å². The Bertz CT molecular complexity index is 492. The number of aromatic nitrogens is 1. The first-order valence-electron chi connectivity index (χ1n) is 7.02. The van der Waals surface area contributed by atoms with Gasteiger partial charge in [0, 0.05) is 24.7 Å². The molecule has 0 radical (unpaired) electrons. The molecule has 1 aromatic heterocycles. The molecule has 0 fully saturated rings. The summed E-state index contributed by atoms with van der Waals surface area (Å²) in [5, 5.41) is 13.8. The minimum absolute atomic E-state index is 0.0579. The van der Waals surface area contributed by atoms with Crippen LogP contribution in [-0.4, -0.2) is 34.2 Å². The minimum atomic E-state index is -0.723. The molecule has 0 saturated heterocycles. The average molecular weight is 302 g/mol. The lowest BCUT2D eigenvalue weighted by Gasteiger charge is -2.27. The lowest BCUT2D eigenvalue weighted by atomic mass is 9.98. The van der Waals surface area contributed by atoms with Crippen LogP contribution in [0.25, 0.3) is 0 Å². The van der Waals surface area contributed by atoms with Crippen LogP contribution in [0.4, 0.5) is 0 Å². The van der Waals surface area contributed by atoms with E-state index in [0.29, 0.717) is 12.3 Å². The molecule has 0 spiro atoms. The van der Waals surface area contributed by atoms with E-state index in [0.717, 1.165) is 5.56 Å². The number of benzene rings is 1. The normalized spacial score (nSPS) is 15.4. The molecule has 21 heavy (non-hydrogen) atoms. The number of pyridine rings is 1. The molecule has 0 aliphatic carbocycles. The fourth-order valence-electron chi connectivity index (χ4n) is 2.31. The van der Waals surface area contributed by atoms with E-state index in [9.17, 15) is 5.11 Å². The lowest BCUT2D eigenvalue weighted by Crippen LogP contribution is -2.41. The van der Waals surface area contributed by atoms with Crippen LogP contribution >= 0.6 is 11.8 Å². The summed E-state index contributed by atoms with van der Waals surface area (Å²) >= 11 is 1.65. The van der Waals surface area contributed by atoms with E-state index in [1.54, 1.807) is 24.2 Å². The Morgan fingerprint density at radius 2 is 1.76 bits per heavy atom. The molecular formula is C17H22N2OS. The van der Waals surface area contributed by atoms with Crippen molar-refractivity contribution >= 4 is 11.8 Å². The van der Waals surface area contributed by atoms with E-state index < -0.39 is 5.60 Å². The molecule has 0 aliphatic rings. The number of aliphatic hydroxyl groups is 1. The molecule has 1 aromatic carbocycles. The van der Waals surface area contributed by atoms with Gasteiger partial charge in [0.05, 0.1) is 11.6 Å². The van der Waals surface area contributed by atoms with Crippen LogP contribution in [0.2, 0.25) is 0 Å². The monoisotopic (exact) mass is 302 g/mol. The summed E-state index contributed by atoms with van der Waals surface area (Å²) in [7, 11) is 0. The maximum atomic E-state index is 10.4. The molecule has 4 heteroatoms. The van der Waals surface area contributed by atoms with Gasteiger partial charge in [-0.25, -0.2) is 0 Å². The number of nitrogens with one attached hydrogen (secondary N) is 1. The van der Waals surface area contributed by atoms with Crippen molar-refractivity contribution in [3.05, 3.63) is 66.0 Å². The van der Waals surface area contributed by atoms with Gasteiger partial charge in [0.15, 0.2) is 0 Å². The fraction of sp³-hybridized carbons (Fsp3) is 0.353. The van der Waals surface area contributed by atoms with Gasteiger partial charge in [-0.3, -0.25) is 4.98 Å². The van der Waals surface area contributed by atoms with Crippen molar-refractivity contribution in [1.29, 1.82) is 0 Å². The maximum absolute atomic E-state index is 10.4. The van der Waals surface area contributed by atoms with E-state index in [1.807, 2.05) is 43.5 Å². The summed E-state index contributed by atoms with van der Waals surface area (Å²) < 4.78 is 0. The Kier molecular flexibility index (Phi) is 5.79. The molecule has 3 nitrogen and oxygen atoms in total. The van der Waals surface area contributed by atoms with Crippen LogP contribution in [-0.2, 0) is 0 Å². The quantitative estimate of drug-likeness (QED) is 0.825. The van der Waals surface area contributed by atoms with Crippen LogP contribution in [0.1, 0.15) is 24.1 Å². The van der Waals surface area contributed by atoms with Crippen molar-refractivity contribution < 1.29 is 5.11 Å². The van der Waals surface area contributed by atoms with Crippen molar-refractivity contribution in [2.75, 3.05) is 18.6 Å². The van der Waals surface area contributed by atoms with E-state index in [2.05, 4.69) is 22.4 Å². The second-order valence-electron chi connectivity index (χ2n) is 5.44. The van der Waals surface area contributed by atoms with Gasteiger partial charge in [0.2, 0.25) is 0 Å². The zero-order valence-corrected chi connectivity index (χ0v) is 13.3. The number of hydrogen-bond acceptors (Lipinski definition) is 4. The maximum Gasteiger partial charge on any atom is 0.0833 e. The van der Waals surface area contributed by atoms with E-state index in [-0.39, 0.29) is 6.04 Å². The summed E-state index contributed by atoms with van der Waals surface area (Å²) in [6.45, 7) is 2.40. The van der Waals surface area contributed by atoms with Crippen LogP contribution in [0.15, 0.2) is 54.9 Å². The summed E-state index contributed by atoms with van der Waals surface area (Å²) in [5.41, 5.74) is 1.61. The molecule has 2 atom stereocenters. The van der Waals surface area contributed by atoms with Gasteiger partial charge in [-0.2, -0.15) is 11.8 Å². The van der Waals surface area contributed by atoms with Gasteiger partial charge in [0.25, 0.3) is 0 Å². The first-order valence-corrected chi connectivity index (χ1v) is 8.41. The molecule has 2 rings (SSSR count). The zero-order chi connectivity index (χ0) is 15.1. The molecule has 2 aromatic rings. The minimum Gasteiger partial charge on any atom is -0.388 e.